The quantitative estimate of drug-likeness (QED) is 0.763. The number of thioether (sulfide) groups is 1. The van der Waals surface area contributed by atoms with E-state index in [2.05, 4.69) is 4.98 Å². The molecule has 1 aromatic heterocycles. The van der Waals surface area contributed by atoms with E-state index in [0.29, 0.717) is 10.3 Å². The van der Waals surface area contributed by atoms with E-state index in [-0.39, 0.29) is 6.04 Å². The fraction of sp³-hybridized carbons (Fsp3) is 0.462. The van der Waals surface area contributed by atoms with Crippen LogP contribution in [0.15, 0.2) is 18.2 Å². The van der Waals surface area contributed by atoms with E-state index in [4.69, 9.17) is 12.2 Å². The molecule has 1 atom stereocenters. The second-order valence-corrected chi connectivity index (χ2v) is 6.44. The van der Waals surface area contributed by atoms with Gasteiger partial charge in [0.15, 0.2) is 4.77 Å². The lowest BCUT2D eigenvalue weighted by Crippen LogP contribution is -2.16. The molecular weight excluding hydrogens is 305 g/mol. The van der Waals surface area contributed by atoms with Crippen LogP contribution in [0.3, 0.4) is 0 Å². The van der Waals surface area contributed by atoms with E-state index in [1.54, 1.807) is 0 Å². The van der Waals surface area contributed by atoms with Crippen molar-refractivity contribution >= 4 is 35.0 Å². The normalized spacial score (nSPS) is 20.4. The van der Waals surface area contributed by atoms with Gasteiger partial charge >= 0.3 is 6.18 Å². The van der Waals surface area contributed by atoms with Crippen LogP contribution in [-0.2, 0) is 6.18 Å². The first-order valence-corrected chi connectivity index (χ1v) is 7.92. The summed E-state index contributed by atoms with van der Waals surface area (Å²) < 4.78 is 40.7. The summed E-state index contributed by atoms with van der Waals surface area (Å²) in [4.78, 5) is 2.91. The van der Waals surface area contributed by atoms with Gasteiger partial charge in [-0.15, -0.1) is 0 Å². The minimum absolute atomic E-state index is 0.270. The molecule has 0 spiro atoms. The first-order valence-electron chi connectivity index (χ1n) is 6.36. The first kappa shape index (κ1) is 14.0. The molecule has 0 bridgehead atoms. The molecule has 3 rings (SSSR count). The summed E-state index contributed by atoms with van der Waals surface area (Å²) >= 11 is 7.15. The third kappa shape index (κ3) is 2.48. The molecule has 2 heterocycles. The number of imidazole rings is 1. The summed E-state index contributed by atoms with van der Waals surface area (Å²) in [5.74, 6) is 2.10. The predicted molar refractivity (Wildman–Crippen MR) is 77.7 cm³/mol. The number of alkyl halides is 3. The van der Waals surface area contributed by atoms with Crippen LogP contribution in [0.1, 0.15) is 24.4 Å². The van der Waals surface area contributed by atoms with Gasteiger partial charge in [0.25, 0.3) is 0 Å². The minimum Gasteiger partial charge on any atom is -0.331 e. The molecule has 1 aliphatic rings. The molecule has 2 aromatic rings. The average molecular weight is 318 g/mol. The van der Waals surface area contributed by atoms with Gasteiger partial charge in [-0.05, 0) is 49.0 Å². The molecule has 20 heavy (non-hydrogen) atoms. The first-order chi connectivity index (χ1) is 9.47. The third-order valence-corrected chi connectivity index (χ3v) is 5.04. The Balaban J connectivity index is 2.10. The minimum atomic E-state index is -4.33. The smallest absolute Gasteiger partial charge is 0.331 e. The van der Waals surface area contributed by atoms with Crippen LogP contribution in [0.2, 0.25) is 0 Å². The van der Waals surface area contributed by atoms with Gasteiger partial charge in [0.1, 0.15) is 0 Å². The molecule has 108 valence electrons. The Hall–Kier alpha value is -0.950. The number of fused-ring (bicyclic) bond motifs is 1. The highest BCUT2D eigenvalue weighted by atomic mass is 32.2. The van der Waals surface area contributed by atoms with Gasteiger partial charge in [0.2, 0.25) is 0 Å². The van der Waals surface area contributed by atoms with Crippen molar-refractivity contribution in [3.8, 4) is 0 Å². The Morgan fingerprint density at radius 3 is 2.80 bits per heavy atom. The van der Waals surface area contributed by atoms with Crippen molar-refractivity contribution in [2.24, 2.45) is 0 Å². The fourth-order valence-corrected chi connectivity index (χ4v) is 4.08. The monoisotopic (exact) mass is 318 g/mol. The molecule has 0 saturated carbocycles. The van der Waals surface area contributed by atoms with Gasteiger partial charge in [-0.2, -0.15) is 24.9 Å². The predicted octanol–water partition coefficient (Wildman–Crippen LogP) is 4.79. The summed E-state index contributed by atoms with van der Waals surface area (Å²) in [6.07, 6.45) is -2.19. The van der Waals surface area contributed by atoms with Crippen LogP contribution in [-0.4, -0.2) is 21.1 Å². The largest absolute Gasteiger partial charge is 0.416 e. The SMILES string of the molecule is FC(F)(F)c1ccc2c(c1)[nH]c(=S)n2C1CCCSC1. The number of hydrogen-bond acceptors (Lipinski definition) is 2. The van der Waals surface area contributed by atoms with Crippen molar-refractivity contribution < 1.29 is 13.2 Å². The number of benzene rings is 1. The van der Waals surface area contributed by atoms with Crippen LogP contribution >= 0.6 is 24.0 Å². The van der Waals surface area contributed by atoms with E-state index < -0.39 is 11.7 Å². The van der Waals surface area contributed by atoms with Gasteiger partial charge in [-0.25, -0.2) is 0 Å². The van der Waals surface area contributed by atoms with E-state index >= 15 is 0 Å². The van der Waals surface area contributed by atoms with Crippen molar-refractivity contribution in [2.75, 3.05) is 11.5 Å². The van der Waals surface area contributed by atoms with Crippen molar-refractivity contribution in [2.45, 2.75) is 25.1 Å². The van der Waals surface area contributed by atoms with Gasteiger partial charge in [0, 0.05) is 11.8 Å². The maximum atomic E-state index is 12.7. The van der Waals surface area contributed by atoms with Gasteiger partial charge in [-0.1, -0.05) is 0 Å². The molecule has 0 aliphatic carbocycles. The summed E-state index contributed by atoms with van der Waals surface area (Å²) in [5, 5.41) is 0. The zero-order valence-corrected chi connectivity index (χ0v) is 12.2. The Bertz CT molecular complexity index is 681. The molecule has 1 aromatic carbocycles. The molecular formula is C13H13F3N2S2. The third-order valence-electron chi connectivity index (χ3n) is 3.55. The van der Waals surface area contributed by atoms with Crippen LogP contribution in [0.4, 0.5) is 13.2 Å². The zero-order valence-electron chi connectivity index (χ0n) is 10.5. The number of hydrogen-bond donors (Lipinski definition) is 1. The number of aromatic amines is 1. The Morgan fingerprint density at radius 1 is 1.35 bits per heavy atom. The lowest BCUT2D eigenvalue weighted by Gasteiger charge is -2.23. The number of aromatic nitrogens is 2. The number of H-pyrrole nitrogens is 1. The van der Waals surface area contributed by atoms with Gasteiger partial charge < -0.3 is 9.55 Å². The number of rotatable bonds is 1. The molecule has 2 nitrogen and oxygen atoms in total. The Morgan fingerprint density at radius 2 is 2.15 bits per heavy atom. The van der Waals surface area contributed by atoms with Crippen molar-refractivity contribution in [1.82, 2.24) is 9.55 Å². The molecule has 1 N–H and O–H groups in total. The average Bonchev–Trinajstić information content (AvgIpc) is 2.73. The lowest BCUT2D eigenvalue weighted by molar-refractivity contribution is -0.137. The molecule has 1 aliphatic heterocycles. The van der Waals surface area contributed by atoms with Gasteiger partial charge in [-0.3, -0.25) is 0 Å². The zero-order chi connectivity index (χ0) is 14.3. The van der Waals surface area contributed by atoms with E-state index in [1.807, 2.05) is 16.3 Å². The maximum absolute atomic E-state index is 12.7. The summed E-state index contributed by atoms with van der Waals surface area (Å²) in [6.45, 7) is 0. The van der Waals surface area contributed by atoms with Crippen LogP contribution in [0, 0.1) is 4.77 Å². The van der Waals surface area contributed by atoms with E-state index in [0.717, 1.165) is 42.0 Å². The summed E-state index contributed by atoms with van der Waals surface area (Å²) in [7, 11) is 0. The van der Waals surface area contributed by atoms with Crippen LogP contribution in [0.5, 0.6) is 0 Å². The molecule has 0 amide bonds. The molecule has 7 heteroatoms. The van der Waals surface area contributed by atoms with E-state index in [9.17, 15) is 13.2 Å². The van der Waals surface area contributed by atoms with Crippen molar-refractivity contribution in [1.29, 1.82) is 0 Å². The van der Waals surface area contributed by atoms with Crippen LogP contribution < -0.4 is 0 Å². The maximum Gasteiger partial charge on any atom is 0.416 e. The van der Waals surface area contributed by atoms with Crippen LogP contribution in [0.25, 0.3) is 11.0 Å². The van der Waals surface area contributed by atoms with Crippen molar-refractivity contribution in [3.05, 3.63) is 28.5 Å². The number of halogens is 3. The van der Waals surface area contributed by atoms with Gasteiger partial charge in [0.05, 0.1) is 16.6 Å². The highest BCUT2D eigenvalue weighted by Crippen LogP contribution is 2.34. The molecule has 0 radical (unpaired) electrons. The lowest BCUT2D eigenvalue weighted by atomic mass is 10.1. The second kappa shape index (κ2) is 5.11. The van der Waals surface area contributed by atoms with Crippen molar-refractivity contribution in [3.63, 3.8) is 0 Å². The summed E-state index contributed by atoms with van der Waals surface area (Å²) in [6, 6.07) is 4.05. The number of nitrogens with zero attached hydrogens (tertiary/aromatic N) is 1. The number of nitrogens with one attached hydrogen (secondary N) is 1. The highest BCUT2D eigenvalue weighted by molar-refractivity contribution is 7.99. The molecule has 1 unspecified atom stereocenters. The topological polar surface area (TPSA) is 20.7 Å². The summed E-state index contributed by atoms with van der Waals surface area (Å²) in [5.41, 5.74) is 0.572. The second-order valence-electron chi connectivity index (χ2n) is 4.90. The fourth-order valence-electron chi connectivity index (χ4n) is 2.60. The van der Waals surface area contributed by atoms with E-state index in [1.165, 1.54) is 6.07 Å². The molecule has 1 fully saturated rings. The highest BCUT2D eigenvalue weighted by Gasteiger charge is 2.31. The Labute approximate surface area is 123 Å². The molecule has 1 saturated heterocycles. The standard InChI is InChI=1S/C13H13F3N2S2/c14-13(15,16)8-3-4-11-10(6-8)17-12(19)18(11)9-2-1-5-20-7-9/h3-4,6,9H,1-2,5,7H2,(H,17,19). The Kier molecular flexibility index (Phi) is 3.58.